The number of halogens is 5. The Morgan fingerprint density at radius 2 is 2.17 bits per heavy atom. The Morgan fingerprint density at radius 3 is 2.76 bits per heavy atom. The molecule has 0 amide bonds. The number of hydrogen-bond donors (Lipinski definition) is 2. The summed E-state index contributed by atoms with van der Waals surface area (Å²) in [5, 5.41) is 14.3. The highest BCUT2D eigenvalue weighted by molar-refractivity contribution is 14.0. The summed E-state index contributed by atoms with van der Waals surface area (Å²) in [4.78, 5) is 9.97. The van der Waals surface area contributed by atoms with E-state index in [0.717, 1.165) is 24.5 Å². The van der Waals surface area contributed by atoms with Gasteiger partial charge in [0.15, 0.2) is 11.8 Å². The summed E-state index contributed by atoms with van der Waals surface area (Å²) in [6.07, 6.45) is -1.28. The lowest BCUT2D eigenvalue weighted by molar-refractivity contribution is -0.137. The van der Waals surface area contributed by atoms with Crippen molar-refractivity contribution in [3.8, 4) is 0 Å². The van der Waals surface area contributed by atoms with Crippen molar-refractivity contribution >= 4 is 47.4 Å². The van der Waals surface area contributed by atoms with Crippen molar-refractivity contribution < 1.29 is 13.2 Å². The van der Waals surface area contributed by atoms with Crippen LogP contribution in [0.15, 0.2) is 23.6 Å². The van der Waals surface area contributed by atoms with Crippen LogP contribution < -0.4 is 15.5 Å². The van der Waals surface area contributed by atoms with Crippen LogP contribution in [0.1, 0.15) is 17.8 Å². The van der Waals surface area contributed by atoms with E-state index in [1.54, 1.807) is 17.9 Å². The molecule has 2 aromatic heterocycles. The molecule has 1 unspecified atom stereocenters. The number of nitrogens with zero attached hydrogens (tertiary/aromatic N) is 6. The number of rotatable bonds is 4. The van der Waals surface area contributed by atoms with Crippen LogP contribution >= 0.6 is 35.6 Å². The highest BCUT2D eigenvalue weighted by Gasteiger charge is 2.33. The molecule has 1 aliphatic rings. The zero-order valence-corrected chi connectivity index (χ0v) is 18.8. The number of pyridine rings is 1. The van der Waals surface area contributed by atoms with Gasteiger partial charge in [-0.1, -0.05) is 11.6 Å². The molecule has 0 aliphatic carbocycles. The van der Waals surface area contributed by atoms with E-state index in [4.69, 9.17) is 11.6 Å². The number of guanidine groups is 1. The van der Waals surface area contributed by atoms with Crippen LogP contribution in [0.25, 0.3) is 0 Å². The smallest absolute Gasteiger partial charge is 0.353 e. The van der Waals surface area contributed by atoms with Gasteiger partial charge in [-0.25, -0.2) is 4.98 Å². The summed E-state index contributed by atoms with van der Waals surface area (Å²) in [7, 11) is 3.51. The van der Waals surface area contributed by atoms with Gasteiger partial charge in [-0.05, 0) is 12.5 Å². The van der Waals surface area contributed by atoms with Gasteiger partial charge in [0, 0.05) is 39.4 Å². The first-order valence-electron chi connectivity index (χ1n) is 8.55. The van der Waals surface area contributed by atoms with Gasteiger partial charge in [0.2, 0.25) is 0 Å². The maximum Gasteiger partial charge on any atom is 0.417 e. The summed E-state index contributed by atoms with van der Waals surface area (Å²) in [6, 6.07) is 0.956. The van der Waals surface area contributed by atoms with Crippen molar-refractivity contribution in [3.63, 3.8) is 0 Å². The van der Waals surface area contributed by atoms with Gasteiger partial charge in [-0.2, -0.15) is 13.2 Å². The molecule has 13 heteroatoms. The van der Waals surface area contributed by atoms with Gasteiger partial charge in [0.1, 0.15) is 12.1 Å². The van der Waals surface area contributed by atoms with Crippen molar-refractivity contribution in [3.05, 3.63) is 35.0 Å². The molecule has 1 fully saturated rings. The van der Waals surface area contributed by atoms with Crippen molar-refractivity contribution in [2.75, 3.05) is 25.0 Å². The lowest BCUT2D eigenvalue weighted by Gasteiger charge is -2.21. The van der Waals surface area contributed by atoms with Crippen LogP contribution in [-0.4, -0.2) is 51.9 Å². The molecule has 2 aromatic rings. The molecule has 29 heavy (non-hydrogen) atoms. The molecule has 0 bridgehead atoms. The van der Waals surface area contributed by atoms with E-state index in [1.165, 1.54) is 0 Å². The Balaban J connectivity index is 0.00000300. The first-order chi connectivity index (χ1) is 13.3. The number of hydrogen-bond acceptors (Lipinski definition) is 5. The minimum absolute atomic E-state index is 0. The molecular formula is C16H21ClF3IN8. The Bertz CT molecular complexity index is 857. The molecule has 2 N–H and O–H groups in total. The van der Waals surface area contributed by atoms with E-state index in [-0.39, 0.29) is 35.0 Å². The van der Waals surface area contributed by atoms with Gasteiger partial charge in [0.05, 0.1) is 17.1 Å². The summed E-state index contributed by atoms with van der Waals surface area (Å²) in [5.74, 6) is 1.71. The number of nitrogens with one attached hydrogen (secondary N) is 2. The van der Waals surface area contributed by atoms with Crippen LogP contribution in [-0.2, 0) is 19.8 Å². The standard InChI is InChI=1S/C16H20ClF3N8.HI/c1-21-15(23-7-13-26-24-9-27(13)2)25-11-3-4-28(8-11)14-12(17)5-10(6-22-14)16(18,19)20;/h5-6,9,11H,3-4,7-8H2,1-2H3,(H2,21,23,25);1H. The monoisotopic (exact) mass is 544 g/mol. The molecule has 0 aromatic carbocycles. The predicted molar refractivity (Wildman–Crippen MR) is 115 cm³/mol. The fraction of sp³-hybridized carbons (Fsp3) is 0.500. The molecule has 8 nitrogen and oxygen atoms in total. The van der Waals surface area contributed by atoms with Crippen LogP contribution in [0.4, 0.5) is 19.0 Å². The van der Waals surface area contributed by atoms with Crippen LogP contribution in [0.3, 0.4) is 0 Å². The van der Waals surface area contributed by atoms with Crippen molar-refractivity contribution in [2.24, 2.45) is 12.0 Å². The number of alkyl halides is 3. The van der Waals surface area contributed by atoms with Gasteiger partial charge in [0.25, 0.3) is 0 Å². The maximum atomic E-state index is 12.8. The zero-order chi connectivity index (χ0) is 20.3. The molecule has 3 heterocycles. The van der Waals surface area contributed by atoms with E-state index in [0.29, 0.717) is 31.4 Å². The van der Waals surface area contributed by atoms with Crippen LogP contribution in [0.5, 0.6) is 0 Å². The molecule has 0 spiro atoms. The molecule has 0 radical (unpaired) electrons. The van der Waals surface area contributed by atoms with Gasteiger partial charge >= 0.3 is 6.18 Å². The second-order valence-corrected chi connectivity index (χ2v) is 6.79. The first kappa shape index (κ1) is 23.4. The number of anilines is 1. The van der Waals surface area contributed by atoms with E-state index in [2.05, 4.69) is 30.8 Å². The van der Waals surface area contributed by atoms with Crippen LogP contribution in [0.2, 0.25) is 5.02 Å². The van der Waals surface area contributed by atoms with Crippen LogP contribution in [0, 0.1) is 0 Å². The number of aryl methyl sites for hydroxylation is 1. The Kier molecular flexibility index (Phi) is 7.91. The van der Waals surface area contributed by atoms with E-state index in [1.807, 2.05) is 11.9 Å². The maximum absolute atomic E-state index is 12.8. The predicted octanol–water partition coefficient (Wildman–Crippen LogP) is 2.44. The molecule has 3 rings (SSSR count). The summed E-state index contributed by atoms with van der Waals surface area (Å²) in [6.45, 7) is 1.62. The largest absolute Gasteiger partial charge is 0.417 e. The second-order valence-electron chi connectivity index (χ2n) is 6.39. The van der Waals surface area contributed by atoms with E-state index >= 15 is 0 Å². The van der Waals surface area contributed by atoms with E-state index < -0.39 is 11.7 Å². The molecule has 1 atom stereocenters. The zero-order valence-electron chi connectivity index (χ0n) is 15.7. The average Bonchev–Trinajstić information content (AvgIpc) is 3.26. The second kappa shape index (κ2) is 9.78. The van der Waals surface area contributed by atoms with Gasteiger partial charge in [-0.3, -0.25) is 4.99 Å². The third-order valence-electron chi connectivity index (χ3n) is 4.42. The molecular weight excluding hydrogens is 524 g/mol. The lowest BCUT2D eigenvalue weighted by atomic mass is 10.2. The summed E-state index contributed by atoms with van der Waals surface area (Å²) < 4.78 is 40.1. The fourth-order valence-corrected chi connectivity index (χ4v) is 3.19. The highest BCUT2D eigenvalue weighted by atomic mass is 127. The summed E-state index contributed by atoms with van der Waals surface area (Å²) >= 11 is 6.04. The van der Waals surface area contributed by atoms with Crippen molar-refractivity contribution in [1.29, 1.82) is 0 Å². The normalized spacial score (nSPS) is 17.2. The quantitative estimate of drug-likeness (QED) is 0.350. The summed E-state index contributed by atoms with van der Waals surface area (Å²) in [5.41, 5.74) is -0.858. The van der Waals surface area contributed by atoms with Crippen molar-refractivity contribution in [1.82, 2.24) is 30.4 Å². The molecule has 0 saturated carbocycles. The molecule has 160 valence electrons. The number of aromatic nitrogens is 4. The third kappa shape index (κ3) is 5.84. The topological polar surface area (TPSA) is 83.3 Å². The minimum atomic E-state index is -4.47. The fourth-order valence-electron chi connectivity index (χ4n) is 2.91. The third-order valence-corrected chi connectivity index (χ3v) is 4.70. The molecule has 1 saturated heterocycles. The average molecular weight is 545 g/mol. The highest BCUT2D eigenvalue weighted by Crippen LogP contribution is 2.34. The van der Waals surface area contributed by atoms with Crippen molar-refractivity contribution in [2.45, 2.75) is 25.2 Å². The lowest BCUT2D eigenvalue weighted by Crippen LogP contribution is -2.44. The SMILES string of the molecule is CN=C(NCc1nncn1C)NC1CCN(c2ncc(C(F)(F)F)cc2Cl)C1.I. The number of aliphatic imine (C=N–C) groups is 1. The molecule has 1 aliphatic heterocycles. The first-order valence-corrected chi connectivity index (χ1v) is 8.93. The Labute approximate surface area is 188 Å². The Hall–Kier alpha value is -1.83. The van der Waals surface area contributed by atoms with Gasteiger partial charge in [-0.15, -0.1) is 34.2 Å². The van der Waals surface area contributed by atoms with E-state index in [9.17, 15) is 13.2 Å². The minimum Gasteiger partial charge on any atom is -0.353 e. The Morgan fingerprint density at radius 1 is 1.41 bits per heavy atom. The van der Waals surface area contributed by atoms with Gasteiger partial charge < -0.3 is 20.1 Å².